The molecule has 0 spiro atoms. The predicted molar refractivity (Wildman–Crippen MR) is 60.0 cm³/mol. The molecule has 0 amide bonds. The number of benzene rings is 1. The Morgan fingerprint density at radius 2 is 2.06 bits per heavy atom. The summed E-state index contributed by atoms with van der Waals surface area (Å²) in [5, 5.41) is -0.737. The van der Waals surface area contributed by atoms with Gasteiger partial charge in [0, 0.05) is 0 Å². The number of para-hydroxylation sites is 1. The molecule has 2 rings (SSSR count). The van der Waals surface area contributed by atoms with Gasteiger partial charge in [0.15, 0.2) is 5.82 Å². The molecule has 2 aromatic rings. The Balaban J connectivity index is 2.67. The van der Waals surface area contributed by atoms with E-state index in [-0.39, 0.29) is 16.9 Å². The Bertz CT molecular complexity index is 574. The molecule has 18 heavy (non-hydrogen) atoms. The zero-order valence-corrected chi connectivity index (χ0v) is 10.1. The van der Waals surface area contributed by atoms with Crippen molar-refractivity contribution in [2.75, 3.05) is 0 Å². The second-order valence-corrected chi connectivity index (χ2v) is 4.55. The first-order valence-electron chi connectivity index (χ1n) is 5.15. The van der Waals surface area contributed by atoms with Gasteiger partial charge in [-0.05, 0) is 19.1 Å². The zero-order chi connectivity index (χ0) is 13.5. The summed E-state index contributed by atoms with van der Waals surface area (Å²) in [5.74, 6) is -0.652. The number of hydrogen-bond donors (Lipinski definition) is 0. The van der Waals surface area contributed by atoms with Gasteiger partial charge in [0.1, 0.15) is 17.9 Å². The Morgan fingerprint density at radius 1 is 1.39 bits per heavy atom. The van der Waals surface area contributed by atoms with Crippen molar-refractivity contribution in [1.82, 2.24) is 9.55 Å². The van der Waals surface area contributed by atoms with E-state index >= 15 is 0 Å². The monoisotopic (exact) mass is 280 g/mol. The largest absolute Gasteiger partial charge is 0.406 e. The summed E-state index contributed by atoms with van der Waals surface area (Å²) in [6.07, 6.45) is -4.42. The Morgan fingerprint density at radius 3 is 2.61 bits per heavy atom. The van der Waals surface area contributed by atoms with Crippen LogP contribution in [0, 0.1) is 5.82 Å². The van der Waals surface area contributed by atoms with Crippen molar-refractivity contribution in [2.24, 2.45) is 0 Å². The molecular formula is C11H9ClF4N2. The van der Waals surface area contributed by atoms with Gasteiger partial charge >= 0.3 is 6.18 Å². The summed E-state index contributed by atoms with van der Waals surface area (Å²) < 4.78 is 51.9. The molecule has 0 fully saturated rings. The SMILES string of the molecule is CC(Cl)c1nc2c(F)cccc2n1CC(F)(F)F. The lowest BCUT2D eigenvalue weighted by atomic mass is 10.3. The highest BCUT2D eigenvalue weighted by Crippen LogP contribution is 2.29. The summed E-state index contributed by atoms with van der Waals surface area (Å²) in [5.41, 5.74) is -0.000856. The van der Waals surface area contributed by atoms with Crippen LogP contribution in [0.5, 0.6) is 0 Å². The van der Waals surface area contributed by atoms with Crippen LogP contribution in [0.25, 0.3) is 11.0 Å². The number of rotatable bonds is 2. The second kappa shape index (κ2) is 4.42. The molecule has 1 atom stereocenters. The fraction of sp³-hybridized carbons (Fsp3) is 0.364. The third-order valence-corrected chi connectivity index (χ3v) is 2.65. The van der Waals surface area contributed by atoms with Gasteiger partial charge in [-0.1, -0.05) is 6.07 Å². The molecule has 2 nitrogen and oxygen atoms in total. The summed E-state index contributed by atoms with van der Waals surface area (Å²) >= 11 is 5.79. The maximum atomic E-state index is 13.5. The van der Waals surface area contributed by atoms with Crippen LogP contribution in [0.15, 0.2) is 18.2 Å². The molecule has 98 valence electrons. The predicted octanol–water partition coefficient (Wildman–Crippen LogP) is 4.04. The summed E-state index contributed by atoms with van der Waals surface area (Å²) in [6.45, 7) is 0.257. The molecule has 7 heteroatoms. The van der Waals surface area contributed by atoms with E-state index in [1.54, 1.807) is 0 Å². The number of fused-ring (bicyclic) bond motifs is 1. The molecule has 0 saturated carbocycles. The maximum Gasteiger partial charge on any atom is 0.406 e. The molecule has 0 aliphatic heterocycles. The number of alkyl halides is 4. The van der Waals surface area contributed by atoms with E-state index in [9.17, 15) is 17.6 Å². The smallest absolute Gasteiger partial charge is 0.317 e. The Kier molecular flexibility index (Phi) is 3.23. The zero-order valence-electron chi connectivity index (χ0n) is 9.30. The molecule has 1 aromatic heterocycles. The third-order valence-electron chi connectivity index (χ3n) is 2.45. The standard InChI is InChI=1S/C11H9ClF4N2/c1-6(12)10-17-9-7(13)3-2-4-8(9)18(10)5-11(14,15)16/h2-4,6H,5H2,1H3. The van der Waals surface area contributed by atoms with Crippen molar-refractivity contribution in [3.8, 4) is 0 Å². The van der Waals surface area contributed by atoms with Crippen molar-refractivity contribution in [1.29, 1.82) is 0 Å². The minimum atomic E-state index is -4.42. The van der Waals surface area contributed by atoms with E-state index in [1.807, 2.05) is 0 Å². The van der Waals surface area contributed by atoms with Gasteiger partial charge in [-0.25, -0.2) is 9.37 Å². The second-order valence-electron chi connectivity index (χ2n) is 3.89. The van der Waals surface area contributed by atoms with Gasteiger partial charge in [-0.15, -0.1) is 11.6 Å². The van der Waals surface area contributed by atoms with Crippen LogP contribution in [0.3, 0.4) is 0 Å². The summed E-state index contributed by atoms with van der Waals surface area (Å²) in [6, 6.07) is 3.88. The van der Waals surface area contributed by atoms with Crippen molar-refractivity contribution in [3.63, 3.8) is 0 Å². The van der Waals surface area contributed by atoms with E-state index in [1.165, 1.54) is 19.1 Å². The molecule has 0 bridgehead atoms. The molecule has 0 radical (unpaired) electrons. The third kappa shape index (κ3) is 2.43. The minimum absolute atomic E-state index is 0.00842. The maximum absolute atomic E-state index is 13.5. The molecule has 0 aliphatic carbocycles. The molecule has 1 heterocycles. The number of nitrogens with zero attached hydrogens (tertiary/aromatic N) is 2. The summed E-state index contributed by atoms with van der Waals surface area (Å²) in [7, 11) is 0. The lowest BCUT2D eigenvalue weighted by Gasteiger charge is -2.12. The van der Waals surface area contributed by atoms with E-state index < -0.39 is 23.9 Å². The quantitative estimate of drug-likeness (QED) is 0.600. The van der Waals surface area contributed by atoms with Gasteiger partial charge in [0.2, 0.25) is 0 Å². The first kappa shape index (κ1) is 13.1. The number of halogens is 5. The average Bonchev–Trinajstić information content (AvgIpc) is 2.57. The van der Waals surface area contributed by atoms with Crippen LogP contribution in [0.4, 0.5) is 17.6 Å². The average molecular weight is 281 g/mol. The fourth-order valence-corrected chi connectivity index (χ4v) is 1.95. The van der Waals surface area contributed by atoms with Gasteiger partial charge in [0.05, 0.1) is 10.9 Å². The minimum Gasteiger partial charge on any atom is -0.317 e. The first-order valence-corrected chi connectivity index (χ1v) is 5.58. The van der Waals surface area contributed by atoms with Crippen molar-refractivity contribution >= 4 is 22.6 Å². The number of aromatic nitrogens is 2. The molecule has 1 unspecified atom stereocenters. The molecule has 1 aromatic carbocycles. The van der Waals surface area contributed by atoms with Crippen LogP contribution in [0.1, 0.15) is 18.1 Å². The highest BCUT2D eigenvalue weighted by Gasteiger charge is 2.31. The first-order chi connectivity index (χ1) is 8.29. The lowest BCUT2D eigenvalue weighted by molar-refractivity contribution is -0.140. The van der Waals surface area contributed by atoms with E-state index in [0.29, 0.717) is 0 Å². The van der Waals surface area contributed by atoms with E-state index in [0.717, 1.165) is 10.6 Å². The normalized spacial score (nSPS) is 14.1. The van der Waals surface area contributed by atoms with E-state index in [2.05, 4.69) is 4.98 Å². The van der Waals surface area contributed by atoms with Crippen LogP contribution < -0.4 is 0 Å². The number of hydrogen-bond acceptors (Lipinski definition) is 1. The van der Waals surface area contributed by atoms with Crippen LogP contribution in [-0.2, 0) is 6.54 Å². The molecule has 0 saturated heterocycles. The summed E-state index contributed by atoms with van der Waals surface area (Å²) in [4.78, 5) is 3.85. The van der Waals surface area contributed by atoms with Crippen LogP contribution in [-0.4, -0.2) is 15.7 Å². The molecule has 0 aliphatic rings. The van der Waals surface area contributed by atoms with Gasteiger partial charge in [-0.2, -0.15) is 13.2 Å². The van der Waals surface area contributed by atoms with Gasteiger partial charge in [-0.3, -0.25) is 0 Å². The van der Waals surface area contributed by atoms with Crippen molar-refractivity contribution < 1.29 is 17.6 Å². The Labute approximate surface area is 105 Å². The van der Waals surface area contributed by atoms with Gasteiger partial charge < -0.3 is 4.57 Å². The fourth-order valence-electron chi connectivity index (χ4n) is 1.78. The Hall–Kier alpha value is -1.30. The van der Waals surface area contributed by atoms with Crippen molar-refractivity contribution in [2.45, 2.75) is 25.0 Å². The van der Waals surface area contributed by atoms with Crippen LogP contribution in [0.2, 0.25) is 0 Å². The molecule has 0 N–H and O–H groups in total. The highest BCUT2D eigenvalue weighted by molar-refractivity contribution is 6.20. The topological polar surface area (TPSA) is 17.8 Å². The molecular weight excluding hydrogens is 272 g/mol. The number of imidazole rings is 1. The van der Waals surface area contributed by atoms with Gasteiger partial charge in [0.25, 0.3) is 0 Å². The van der Waals surface area contributed by atoms with E-state index in [4.69, 9.17) is 11.6 Å². The highest BCUT2D eigenvalue weighted by atomic mass is 35.5. The van der Waals surface area contributed by atoms with Crippen molar-refractivity contribution in [3.05, 3.63) is 29.8 Å². The lowest BCUT2D eigenvalue weighted by Crippen LogP contribution is -2.19. The van der Waals surface area contributed by atoms with Crippen LogP contribution >= 0.6 is 11.6 Å².